The van der Waals surface area contributed by atoms with Crippen LogP contribution in [0.4, 0.5) is 13.2 Å². The molecule has 0 saturated carbocycles. The third-order valence-corrected chi connectivity index (χ3v) is 2.90. The van der Waals surface area contributed by atoms with Gasteiger partial charge in [0.1, 0.15) is 12.1 Å². The number of fused-ring (bicyclic) bond motifs is 1. The van der Waals surface area contributed by atoms with E-state index in [0.29, 0.717) is 10.1 Å². The molecule has 0 aliphatic carbocycles. The Morgan fingerprint density at radius 2 is 1.95 bits per heavy atom. The van der Waals surface area contributed by atoms with Gasteiger partial charge in [-0.25, -0.2) is 4.57 Å². The molecular formula is C12H9F3N4O2. The van der Waals surface area contributed by atoms with Crippen LogP contribution in [0.3, 0.4) is 0 Å². The van der Waals surface area contributed by atoms with E-state index in [4.69, 9.17) is 0 Å². The van der Waals surface area contributed by atoms with E-state index < -0.39 is 12.7 Å². The summed E-state index contributed by atoms with van der Waals surface area (Å²) in [6.07, 6.45) is -0.787. The molecule has 0 aromatic carbocycles. The summed E-state index contributed by atoms with van der Waals surface area (Å²) in [4.78, 5) is 3.92. The van der Waals surface area contributed by atoms with Crippen molar-refractivity contribution < 1.29 is 23.4 Å². The number of pyridine rings is 1. The first-order valence-corrected chi connectivity index (χ1v) is 5.84. The number of alkyl halides is 3. The number of hydrogen-bond acceptors (Lipinski definition) is 4. The highest BCUT2D eigenvalue weighted by molar-refractivity contribution is 5.90. The van der Waals surface area contributed by atoms with Crippen molar-refractivity contribution >= 4 is 10.9 Å². The Hall–Kier alpha value is -2.71. The maximum absolute atomic E-state index is 12.3. The Labute approximate surface area is 115 Å². The number of aromatic hydroxyl groups is 2. The first kappa shape index (κ1) is 13.3. The molecule has 3 heterocycles. The van der Waals surface area contributed by atoms with Crippen molar-refractivity contribution in [2.24, 2.45) is 0 Å². The van der Waals surface area contributed by atoms with Gasteiger partial charge in [-0.1, -0.05) is 0 Å². The summed E-state index contributed by atoms with van der Waals surface area (Å²) >= 11 is 0. The van der Waals surface area contributed by atoms with Crippen LogP contribution in [0.1, 0.15) is 0 Å². The molecule has 0 atom stereocenters. The summed E-state index contributed by atoms with van der Waals surface area (Å²) in [6, 6.07) is 3.10. The smallest absolute Gasteiger partial charge is 0.408 e. The van der Waals surface area contributed by atoms with Crippen LogP contribution in [-0.4, -0.2) is 35.7 Å². The minimum absolute atomic E-state index is 0.104. The van der Waals surface area contributed by atoms with Crippen molar-refractivity contribution in [1.29, 1.82) is 0 Å². The molecule has 0 spiro atoms. The molecule has 0 bridgehead atoms. The predicted octanol–water partition coefficient (Wildman–Crippen LogP) is 2.20. The van der Waals surface area contributed by atoms with Gasteiger partial charge in [0.25, 0.3) is 0 Å². The zero-order valence-corrected chi connectivity index (χ0v) is 10.4. The molecule has 3 aromatic heterocycles. The monoisotopic (exact) mass is 298 g/mol. The Balaban J connectivity index is 2.09. The van der Waals surface area contributed by atoms with Crippen LogP contribution < -0.4 is 0 Å². The van der Waals surface area contributed by atoms with Gasteiger partial charge in [0.15, 0.2) is 0 Å². The number of aromatic nitrogens is 4. The second kappa shape index (κ2) is 4.40. The molecule has 0 radical (unpaired) electrons. The third-order valence-electron chi connectivity index (χ3n) is 2.90. The average molecular weight is 298 g/mol. The number of halogens is 3. The molecule has 3 rings (SSSR count). The lowest BCUT2D eigenvalue weighted by Crippen LogP contribution is -2.17. The lowest BCUT2D eigenvalue weighted by atomic mass is 10.3. The maximum Gasteiger partial charge on any atom is 0.408 e. The first-order chi connectivity index (χ1) is 9.87. The van der Waals surface area contributed by atoms with E-state index >= 15 is 0 Å². The van der Waals surface area contributed by atoms with Crippen molar-refractivity contribution in [2.45, 2.75) is 12.7 Å². The largest absolute Gasteiger partial charge is 0.494 e. The van der Waals surface area contributed by atoms with Crippen LogP contribution in [0, 0.1) is 0 Å². The summed E-state index contributed by atoms with van der Waals surface area (Å²) in [5.74, 6) is -0.684. The molecule has 0 aliphatic heterocycles. The highest BCUT2D eigenvalue weighted by Gasteiger charge is 2.29. The summed E-state index contributed by atoms with van der Waals surface area (Å²) in [7, 11) is 0. The molecule has 2 N–H and O–H groups in total. The van der Waals surface area contributed by atoms with E-state index in [1.165, 1.54) is 12.3 Å². The summed E-state index contributed by atoms with van der Waals surface area (Å²) < 4.78 is 38.6. The average Bonchev–Trinajstić information content (AvgIpc) is 2.93. The maximum atomic E-state index is 12.3. The van der Waals surface area contributed by atoms with Crippen LogP contribution in [0.25, 0.3) is 16.6 Å². The minimum Gasteiger partial charge on any atom is -0.494 e. The van der Waals surface area contributed by atoms with Crippen molar-refractivity contribution in [2.75, 3.05) is 0 Å². The van der Waals surface area contributed by atoms with Gasteiger partial charge in [0.2, 0.25) is 11.8 Å². The van der Waals surface area contributed by atoms with Gasteiger partial charge in [-0.3, -0.25) is 9.67 Å². The van der Waals surface area contributed by atoms with Crippen molar-refractivity contribution in [1.82, 2.24) is 19.3 Å². The van der Waals surface area contributed by atoms with Crippen LogP contribution in [0.2, 0.25) is 0 Å². The van der Waals surface area contributed by atoms with Crippen LogP contribution in [-0.2, 0) is 6.54 Å². The lowest BCUT2D eigenvalue weighted by Gasteiger charge is -2.05. The fourth-order valence-corrected chi connectivity index (χ4v) is 2.07. The normalized spacial score (nSPS) is 12.1. The summed E-state index contributed by atoms with van der Waals surface area (Å²) in [6.45, 7) is -1.26. The quantitative estimate of drug-likeness (QED) is 0.760. The molecular weight excluding hydrogens is 289 g/mol. The van der Waals surface area contributed by atoms with Crippen LogP contribution >= 0.6 is 0 Å². The van der Waals surface area contributed by atoms with E-state index in [2.05, 4.69) is 10.1 Å². The van der Waals surface area contributed by atoms with E-state index in [9.17, 15) is 23.4 Å². The van der Waals surface area contributed by atoms with E-state index in [-0.39, 0.29) is 23.0 Å². The molecule has 3 aromatic rings. The van der Waals surface area contributed by atoms with Crippen molar-refractivity contribution in [3.63, 3.8) is 0 Å². The molecule has 0 aliphatic rings. The molecule has 0 fully saturated rings. The zero-order chi connectivity index (χ0) is 15.2. The molecule has 0 saturated heterocycles. The van der Waals surface area contributed by atoms with E-state index in [1.807, 2.05) is 0 Å². The van der Waals surface area contributed by atoms with Gasteiger partial charge in [-0.05, 0) is 12.1 Å². The highest BCUT2D eigenvalue weighted by Crippen LogP contribution is 2.37. The number of hydrogen-bond donors (Lipinski definition) is 2. The van der Waals surface area contributed by atoms with Gasteiger partial charge in [-0.15, -0.1) is 0 Å². The Kier molecular flexibility index (Phi) is 2.78. The number of rotatable bonds is 2. The van der Waals surface area contributed by atoms with Crippen molar-refractivity contribution in [3.8, 4) is 17.4 Å². The lowest BCUT2D eigenvalue weighted by molar-refractivity contribution is -0.142. The second-order valence-corrected chi connectivity index (χ2v) is 4.39. The zero-order valence-electron chi connectivity index (χ0n) is 10.4. The summed E-state index contributed by atoms with van der Waals surface area (Å²) in [5, 5.41) is 24.0. The van der Waals surface area contributed by atoms with Crippen LogP contribution in [0.15, 0.2) is 30.7 Å². The van der Waals surface area contributed by atoms with Gasteiger partial charge < -0.3 is 10.2 Å². The Morgan fingerprint density at radius 3 is 2.62 bits per heavy atom. The molecule has 9 heteroatoms. The summed E-state index contributed by atoms with van der Waals surface area (Å²) in [5.41, 5.74) is 0.255. The van der Waals surface area contributed by atoms with E-state index in [1.54, 1.807) is 6.07 Å². The fraction of sp³-hybridized carbons (Fsp3) is 0.167. The van der Waals surface area contributed by atoms with Gasteiger partial charge in [-0.2, -0.15) is 18.3 Å². The standard InChI is InChI=1S/C12H9F3N4O2/c13-12(14,15)6-18-5-7(4-17-18)19-10(20)8-2-1-3-16-9(8)11(19)21/h1-5,20-21H,6H2. The molecule has 6 nitrogen and oxygen atoms in total. The Morgan fingerprint density at radius 1 is 1.19 bits per heavy atom. The van der Waals surface area contributed by atoms with Crippen LogP contribution in [0.5, 0.6) is 11.8 Å². The highest BCUT2D eigenvalue weighted by atomic mass is 19.4. The fourth-order valence-electron chi connectivity index (χ4n) is 2.07. The van der Waals surface area contributed by atoms with Gasteiger partial charge in [0.05, 0.1) is 17.3 Å². The minimum atomic E-state index is -4.41. The third kappa shape index (κ3) is 2.26. The Bertz CT molecular complexity index is 768. The molecule has 0 unspecified atom stereocenters. The topological polar surface area (TPSA) is 76.1 Å². The van der Waals surface area contributed by atoms with Gasteiger partial charge in [0, 0.05) is 12.4 Å². The second-order valence-electron chi connectivity index (χ2n) is 4.39. The SMILES string of the molecule is Oc1c2cccnc2c(O)n1-c1cnn(CC(F)(F)F)c1. The van der Waals surface area contributed by atoms with E-state index in [0.717, 1.165) is 17.0 Å². The molecule has 21 heavy (non-hydrogen) atoms. The van der Waals surface area contributed by atoms with Gasteiger partial charge >= 0.3 is 6.18 Å². The number of nitrogens with zero attached hydrogens (tertiary/aromatic N) is 4. The molecule has 0 amide bonds. The van der Waals surface area contributed by atoms with Crippen molar-refractivity contribution in [3.05, 3.63) is 30.7 Å². The molecule has 110 valence electrons. The predicted molar refractivity (Wildman–Crippen MR) is 66.2 cm³/mol. The first-order valence-electron chi connectivity index (χ1n) is 5.84.